The highest BCUT2D eigenvalue weighted by Crippen LogP contribution is 2.16. The fourth-order valence-corrected chi connectivity index (χ4v) is 1.96. The molecule has 94 valence electrons. The van der Waals surface area contributed by atoms with E-state index in [4.69, 9.17) is 0 Å². The van der Waals surface area contributed by atoms with Gasteiger partial charge in [0.2, 0.25) is 0 Å². The number of carbonyl (C=O) groups is 1. The molecule has 0 heterocycles. The molecule has 0 spiro atoms. The summed E-state index contributed by atoms with van der Waals surface area (Å²) in [4.78, 5) is 13.6. The Labute approximate surface area is 109 Å². The molecule has 1 N–H and O–H groups in total. The van der Waals surface area contributed by atoms with Gasteiger partial charge in [0, 0.05) is 23.6 Å². The minimum atomic E-state index is -0.411. The minimum absolute atomic E-state index is 0.165. The van der Waals surface area contributed by atoms with Gasteiger partial charge in [-0.15, -0.1) is 0 Å². The average Bonchev–Trinajstić information content (AvgIpc) is 2.27. The van der Waals surface area contributed by atoms with E-state index in [1.807, 2.05) is 7.05 Å². The molecule has 17 heavy (non-hydrogen) atoms. The number of rotatable bonds is 5. The molecule has 0 aliphatic rings. The van der Waals surface area contributed by atoms with Gasteiger partial charge in [-0.1, -0.05) is 15.9 Å². The lowest BCUT2D eigenvalue weighted by molar-refractivity contribution is 0.0793. The zero-order valence-corrected chi connectivity index (χ0v) is 11.6. The van der Waals surface area contributed by atoms with Gasteiger partial charge in [-0.2, -0.15) is 0 Å². The van der Waals surface area contributed by atoms with Gasteiger partial charge < -0.3 is 10.2 Å². The third-order valence-corrected chi connectivity index (χ3v) is 2.83. The quantitative estimate of drug-likeness (QED) is 0.846. The molecule has 0 saturated carbocycles. The molecule has 0 bridgehead atoms. The summed E-state index contributed by atoms with van der Waals surface area (Å²) in [5.74, 6) is -0.576. The van der Waals surface area contributed by atoms with Crippen LogP contribution in [0.15, 0.2) is 22.7 Å². The Morgan fingerprint density at radius 1 is 1.47 bits per heavy atom. The van der Waals surface area contributed by atoms with Gasteiger partial charge in [0.25, 0.3) is 5.91 Å². The van der Waals surface area contributed by atoms with Crippen LogP contribution in [0.25, 0.3) is 0 Å². The number of nitrogens with one attached hydrogen (secondary N) is 1. The second kappa shape index (κ2) is 6.71. The minimum Gasteiger partial charge on any atom is -0.342 e. The van der Waals surface area contributed by atoms with Crippen molar-refractivity contribution in [2.45, 2.75) is 6.42 Å². The zero-order chi connectivity index (χ0) is 12.8. The van der Waals surface area contributed by atoms with Gasteiger partial charge in [0.15, 0.2) is 0 Å². The van der Waals surface area contributed by atoms with Crippen molar-refractivity contribution in [3.63, 3.8) is 0 Å². The van der Waals surface area contributed by atoms with E-state index in [1.165, 1.54) is 12.1 Å². The molecule has 5 heteroatoms. The van der Waals surface area contributed by atoms with Crippen LogP contribution in [0.4, 0.5) is 4.39 Å². The zero-order valence-electron chi connectivity index (χ0n) is 9.96. The van der Waals surface area contributed by atoms with Crippen molar-refractivity contribution >= 4 is 21.8 Å². The first-order valence-corrected chi connectivity index (χ1v) is 6.20. The van der Waals surface area contributed by atoms with Crippen molar-refractivity contribution in [2.24, 2.45) is 0 Å². The molecule has 0 fully saturated rings. The molecule has 1 amide bonds. The molecular weight excluding hydrogens is 287 g/mol. The Morgan fingerprint density at radius 3 is 2.76 bits per heavy atom. The number of amides is 1. The van der Waals surface area contributed by atoms with Crippen LogP contribution in [0.5, 0.6) is 0 Å². The van der Waals surface area contributed by atoms with E-state index >= 15 is 0 Å². The Hall–Kier alpha value is -0.940. The fourth-order valence-electron chi connectivity index (χ4n) is 1.49. The average molecular weight is 303 g/mol. The summed E-state index contributed by atoms with van der Waals surface area (Å²) in [5.41, 5.74) is 0.365. The predicted octanol–water partition coefficient (Wildman–Crippen LogP) is 2.27. The van der Waals surface area contributed by atoms with Crippen LogP contribution in [-0.4, -0.2) is 38.0 Å². The first-order valence-electron chi connectivity index (χ1n) is 5.40. The maximum Gasteiger partial charge on any atom is 0.253 e. The van der Waals surface area contributed by atoms with Crippen LogP contribution in [0.3, 0.4) is 0 Å². The molecule has 3 nitrogen and oxygen atoms in total. The summed E-state index contributed by atoms with van der Waals surface area (Å²) in [6.45, 7) is 1.50. The summed E-state index contributed by atoms with van der Waals surface area (Å²) in [7, 11) is 3.59. The maximum absolute atomic E-state index is 13.1. The lowest BCUT2D eigenvalue weighted by Crippen LogP contribution is -2.29. The molecule has 0 unspecified atom stereocenters. The van der Waals surface area contributed by atoms with Crippen LogP contribution in [0, 0.1) is 5.82 Å². The lowest BCUT2D eigenvalue weighted by atomic mass is 10.2. The molecule has 0 aliphatic carbocycles. The number of hydrogen-bond donors (Lipinski definition) is 1. The molecule has 0 saturated heterocycles. The predicted molar refractivity (Wildman–Crippen MR) is 69.6 cm³/mol. The molecule has 0 radical (unpaired) electrons. The summed E-state index contributed by atoms with van der Waals surface area (Å²) in [6.07, 6.45) is 0.870. The highest BCUT2D eigenvalue weighted by atomic mass is 79.9. The van der Waals surface area contributed by atoms with Crippen LogP contribution >= 0.6 is 15.9 Å². The molecule has 1 rings (SSSR count). The van der Waals surface area contributed by atoms with E-state index in [0.717, 1.165) is 13.0 Å². The second-order valence-corrected chi connectivity index (χ2v) is 4.76. The van der Waals surface area contributed by atoms with Gasteiger partial charge in [0.05, 0.1) is 0 Å². The number of nitrogens with zero attached hydrogens (tertiary/aromatic N) is 1. The summed E-state index contributed by atoms with van der Waals surface area (Å²) >= 11 is 3.17. The molecule has 0 aliphatic heterocycles. The SMILES string of the molecule is CNCCCN(C)C(=O)c1cc(F)cc(Br)c1. The van der Waals surface area contributed by atoms with Crippen LogP contribution in [0.2, 0.25) is 0 Å². The lowest BCUT2D eigenvalue weighted by Gasteiger charge is -2.17. The van der Waals surface area contributed by atoms with Gasteiger partial charge in [-0.3, -0.25) is 4.79 Å². The van der Waals surface area contributed by atoms with Gasteiger partial charge in [0.1, 0.15) is 5.82 Å². The van der Waals surface area contributed by atoms with Crippen molar-refractivity contribution in [3.05, 3.63) is 34.1 Å². The van der Waals surface area contributed by atoms with E-state index in [9.17, 15) is 9.18 Å². The van der Waals surface area contributed by atoms with E-state index in [0.29, 0.717) is 16.6 Å². The van der Waals surface area contributed by atoms with Crippen molar-refractivity contribution in [1.29, 1.82) is 0 Å². The van der Waals surface area contributed by atoms with Crippen LogP contribution in [-0.2, 0) is 0 Å². The van der Waals surface area contributed by atoms with E-state index in [-0.39, 0.29) is 5.91 Å². The molecule has 0 atom stereocenters. The molecule has 1 aromatic rings. The Balaban J connectivity index is 2.68. The van der Waals surface area contributed by atoms with Crippen LogP contribution < -0.4 is 5.32 Å². The third-order valence-electron chi connectivity index (χ3n) is 2.38. The Morgan fingerprint density at radius 2 is 2.18 bits per heavy atom. The highest BCUT2D eigenvalue weighted by Gasteiger charge is 2.12. The second-order valence-electron chi connectivity index (χ2n) is 3.84. The molecule has 1 aromatic carbocycles. The molecule has 0 aromatic heterocycles. The monoisotopic (exact) mass is 302 g/mol. The maximum atomic E-state index is 13.1. The third kappa shape index (κ3) is 4.44. The summed E-state index contributed by atoms with van der Waals surface area (Å²) in [6, 6.07) is 4.21. The summed E-state index contributed by atoms with van der Waals surface area (Å²) < 4.78 is 13.7. The van der Waals surface area contributed by atoms with Gasteiger partial charge in [-0.05, 0) is 38.2 Å². The van der Waals surface area contributed by atoms with Crippen molar-refractivity contribution in [2.75, 3.05) is 27.2 Å². The van der Waals surface area contributed by atoms with E-state index < -0.39 is 5.82 Å². The first kappa shape index (κ1) is 14.1. The Kier molecular flexibility index (Phi) is 5.58. The number of benzene rings is 1. The number of halogens is 2. The van der Waals surface area contributed by atoms with Gasteiger partial charge >= 0.3 is 0 Å². The van der Waals surface area contributed by atoms with E-state index in [1.54, 1.807) is 18.0 Å². The fraction of sp³-hybridized carbons (Fsp3) is 0.417. The van der Waals surface area contributed by atoms with Crippen molar-refractivity contribution in [1.82, 2.24) is 10.2 Å². The summed E-state index contributed by atoms with van der Waals surface area (Å²) in [5, 5.41) is 3.01. The Bertz CT molecular complexity index is 378. The topological polar surface area (TPSA) is 32.3 Å². The van der Waals surface area contributed by atoms with E-state index in [2.05, 4.69) is 21.2 Å². The van der Waals surface area contributed by atoms with Crippen LogP contribution in [0.1, 0.15) is 16.8 Å². The first-order chi connectivity index (χ1) is 8.04. The van der Waals surface area contributed by atoms with Crippen molar-refractivity contribution < 1.29 is 9.18 Å². The smallest absolute Gasteiger partial charge is 0.253 e. The van der Waals surface area contributed by atoms with Gasteiger partial charge in [-0.25, -0.2) is 4.39 Å². The molecular formula is C12H16BrFN2O. The number of carbonyl (C=O) groups excluding carboxylic acids is 1. The normalized spacial score (nSPS) is 10.4. The highest BCUT2D eigenvalue weighted by molar-refractivity contribution is 9.10. The van der Waals surface area contributed by atoms with Crippen molar-refractivity contribution in [3.8, 4) is 0 Å². The number of hydrogen-bond acceptors (Lipinski definition) is 2. The largest absolute Gasteiger partial charge is 0.342 e. The standard InChI is InChI=1S/C12H16BrFN2O/c1-15-4-3-5-16(2)12(17)9-6-10(13)8-11(14)7-9/h6-8,15H,3-5H2,1-2H3.